The molecule has 1 unspecified atom stereocenters. The molecule has 0 spiro atoms. The fourth-order valence-corrected chi connectivity index (χ4v) is 1.65. The van der Waals surface area contributed by atoms with Crippen LogP contribution in [-0.4, -0.2) is 25.7 Å². The van der Waals surface area contributed by atoms with E-state index in [0.717, 1.165) is 5.56 Å². The molecule has 0 radical (unpaired) electrons. The van der Waals surface area contributed by atoms with E-state index in [4.69, 9.17) is 21.6 Å². The van der Waals surface area contributed by atoms with Crippen molar-refractivity contribution in [1.29, 1.82) is 0 Å². The number of carbonyl (C=O) groups excluding carboxylic acids is 1. The van der Waals surface area contributed by atoms with Crippen LogP contribution in [0.1, 0.15) is 25.5 Å². The number of benzene rings is 1. The summed E-state index contributed by atoms with van der Waals surface area (Å²) in [6, 6.07) is 5.13. The van der Waals surface area contributed by atoms with Crippen LogP contribution in [0.2, 0.25) is 0 Å². The van der Waals surface area contributed by atoms with Crippen LogP contribution in [0.5, 0.6) is 11.5 Å². The first-order valence-corrected chi connectivity index (χ1v) is 6.31. The minimum absolute atomic E-state index is 0.171. The molecule has 0 aliphatic rings. The minimum atomic E-state index is -0.673. The Morgan fingerprint density at radius 3 is 2.75 bits per heavy atom. The molecule has 0 saturated heterocycles. The number of hydrogen-bond acceptors (Lipinski definition) is 4. The maximum absolute atomic E-state index is 11.7. The average molecular weight is 276 g/mol. The fourth-order valence-electron chi connectivity index (χ4n) is 1.65. The molecule has 5 nitrogen and oxygen atoms in total. The Hall–Kier alpha value is -2.19. The highest BCUT2D eigenvalue weighted by atomic mass is 16.5. The molecular weight excluding hydrogens is 256 g/mol. The molecule has 0 saturated carbocycles. The maximum Gasteiger partial charge on any atom is 0.261 e. The van der Waals surface area contributed by atoms with Crippen LogP contribution in [0, 0.1) is 12.3 Å². The molecule has 2 atom stereocenters. The van der Waals surface area contributed by atoms with Crippen molar-refractivity contribution in [2.75, 3.05) is 13.7 Å². The summed E-state index contributed by atoms with van der Waals surface area (Å²) in [5.74, 6) is 3.23. The van der Waals surface area contributed by atoms with Gasteiger partial charge in [-0.2, -0.15) is 0 Å². The summed E-state index contributed by atoms with van der Waals surface area (Å²) in [6.07, 6.45) is 4.42. The molecule has 0 bridgehead atoms. The highest BCUT2D eigenvalue weighted by Gasteiger charge is 2.17. The molecule has 1 aromatic carbocycles. The number of methoxy groups -OCH3 is 1. The number of nitrogens with one attached hydrogen (secondary N) is 1. The van der Waals surface area contributed by atoms with Gasteiger partial charge >= 0.3 is 0 Å². The van der Waals surface area contributed by atoms with E-state index in [9.17, 15) is 4.79 Å². The van der Waals surface area contributed by atoms with E-state index >= 15 is 0 Å². The molecule has 3 N–H and O–H groups in total. The van der Waals surface area contributed by atoms with Gasteiger partial charge in [-0.25, -0.2) is 0 Å². The lowest BCUT2D eigenvalue weighted by molar-refractivity contribution is -0.127. The van der Waals surface area contributed by atoms with Gasteiger partial charge in [0.05, 0.1) is 13.7 Å². The van der Waals surface area contributed by atoms with Gasteiger partial charge in [-0.05, 0) is 19.9 Å². The Labute approximate surface area is 119 Å². The van der Waals surface area contributed by atoms with E-state index in [1.165, 1.54) is 0 Å². The second kappa shape index (κ2) is 7.41. The van der Waals surface area contributed by atoms with Crippen molar-refractivity contribution in [3.8, 4) is 23.8 Å². The van der Waals surface area contributed by atoms with Crippen LogP contribution in [0.25, 0.3) is 0 Å². The van der Waals surface area contributed by atoms with Crippen molar-refractivity contribution in [2.45, 2.75) is 26.0 Å². The molecule has 1 aromatic rings. The Kier molecular flexibility index (Phi) is 5.88. The number of terminal acetylenes is 1. The van der Waals surface area contributed by atoms with Gasteiger partial charge in [0.25, 0.3) is 5.91 Å². The topological polar surface area (TPSA) is 73.6 Å². The van der Waals surface area contributed by atoms with Gasteiger partial charge in [0.2, 0.25) is 0 Å². The summed E-state index contributed by atoms with van der Waals surface area (Å²) in [5, 5.41) is 2.57. The van der Waals surface area contributed by atoms with Crippen molar-refractivity contribution in [3.63, 3.8) is 0 Å². The summed E-state index contributed by atoms with van der Waals surface area (Å²) < 4.78 is 10.8. The van der Waals surface area contributed by atoms with Gasteiger partial charge in [0, 0.05) is 17.7 Å². The maximum atomic E-state index is 11.7. The minimum Gasteiger partial charge on any atom is -0.497 e. The first kappa shape index (κ1) is 15.9. The fraction of sp³-hybridized carbons (Fsp3) is 0.400. The molecule has 0 fully saturated rings. The zero-order valence-corrected chi connectivity index (χ0v) is 12.0. The number of carbonyl (C=O) groups is 1. The molecule has 108 valence electrons. The Bertz CT molecular complexity index is 506. The van der Waals surface area contributed by atoms with E-state index in [2.05, 4.69) is 11.2 Å². The van der Waals surface area contributed by atoms with E-state index in [1.807, 2.05) is 13.0 Å². The van der Waals surface area contributed by atoms with Crippen LogP contribution in [0.15, 0.2) is 18.2 Å². The lowest BCUT2D eigenvalue weighted by atomic mass is 10.1. The first-order valence-electron chi connectivity index (χ1n) is 6.31. The Morgan fingerprint density at radius 2 is 2.20 bits per heavy atom. The van der Waals surface area contributed by atoms with E-state index in [1.54, 1.807) is 26.2 Å². The van der Waals surface area contributed by atoms with Crippen molar-refractivity contribution in [1.82, 2.24) is 5.32 Å². The van der Waals surface area contributed by atoms with Crippen LogP contribution >= 0.6 is 0 Å². The van der Waals surface area contributed by atoms with Crippen molar-refractivity contribution in [2.24, 2.45) is 5.73 Å². The lowest BCUT2D eigenvalue weighted by Gasteiger charge is -2.19. The molecule has 0 heterocycles. The summed E-state index contributed by atoms with van der Waals surface area (Å²) in [7, 11) is 1.56. The molecule has 0 aliphatic heterocycles. The van der Waals surface area contributed by atoms with Gasteiger partial charge in [-0.15, -0.1) is 6.42 Å². The zero-order chi connectivity index (χ0) is 15.1. The van der Waals surface area contributed by atoms with Crippen molar-refractivity contribution in [3.05, 3.63) is 23.8 Å². The zero-order valence-electron chi connectivity index (χ0n) is 12.0. The highest BCUT2D eigenvalue weighted by Crippen LogP contribution is 2.29. The second-order valence-corrected chi connectivity index (χ2v) is 4.37. The normalized spacial score (nSPS) is 12.9. The number of amides is 1. The van der Waals surface area contributed by atoms with Crippen LogP contribution < -0.4 is 20.5 Å². The number of rotatable bonds is 6. The smallest absolute Gasteiger partial charge is 0.261 e. The van der Waals surface area contributed by atoms with E-state index in [0.29, 0.717) is 11.5 Å². The van der Waals surface area contributed by atoms with Crippen LogP contribution in [0.4, 0.5) is 0 Å². The number of ether oxygens (including phenoxy) is 2. The summed E-state index contributed by atoms with van der Waals surface area (Å²) in [6.45, 7) is 3.67. The van der Waals surface area contributed by atoms with Crippen molar-refractivity contribution >= 4 is 5.91 Å². The van der Waals surface area contributed by atoms with E-state index in [-0.39, 0.29) is 18.5 Å². The Morgan fingerprint density at radius 1 is 1.50 bits per heavy atom. The molecule has 0 aliphatic carbocycles. The summed E-state index contributed by atoms with van der Waals surface area (Å²) in [5.41, 5.74) is 6.70. The standard InChI is InChI=1S/C15H20N2O3/c1-5-8-17-15(18)11(3)20-14-9-12(19-4)6-7-13(14)10(2)16/h1,6-7,9-11H,8,16H2,2-4H3,(H,17,18)/t10-,11?/m1/s1. The van der Waals surface area contributed by atoms with E-state index < -0.39 is 6.10 Å². The third-order valence-corrected chi connectivity index (χ3v) is 2.75. The highest BCUT2D eigenvalue weighted by molar-refractivity contribution is 5.81. The number of hydrogen-bond donors (Lipinski definition) is 2. The Balaban J connectivity index is 2.89. The monoisotopic (exact) mass is 276 g/mol. The average Bonchev–Trinajstić information content (AvgIpc) is 2.44. The van der Waals surface area contributed by atoms with Gasteiger partial charge in [-0.1, -0.05) is 12.0 Å². The molecule has 5 heteroatoms. The molecule has 20 heavy (non-hydrogen) atoms. The van der Waals surface area contributed by atoms with Crippen LogP contribution in [0.3, 0.4) is 0 Å². The lowest BCUT2D eigenvalue weighted by Crippen LogP contribution is -2.36. The first-order chi connectivity index (χ1) is 9.49. The van der Waals surface area contributed by atoms with Gasteiger partial charge < -0.3 is 20.5 Å². The largest absolute Gasteiger partial charge is 0.497 e. The third-order valence-electron chi connectivity index (χ3n) is 2.75. The third kappa shape index (κ3) is 4.18. The number of nitrogens with two attached hydrogens (primary N) is 1. The molecule has 0 aromatic heterocycles. The predicted molar refractivity (Wildman–Crippen MR) is 77.5 cm³/mol. The van der Waals surface area contributed by atoms with Gasteiger partial charge in [0.15, 0.2) is 6.10 Å². The quantitative estimate of drug-likeness (QED) is 0.766. The summed E-state index contributed by atoms with van der Waals surface area (Å²) in [4.78, 5) is 11.7. The molecule has 1 rings (SSSR count). The molecule has 1 amide bonds. The van der Waals surface area contributed by atoms with Crippen molar-refractivity contribution < 1.29 is 14.3 Å². The van der Waals surface area contributed by atoms with Crippen LogP contribution in [-0.2, 0) is 4.79 Å². The molecular formula is C15H20N2O3. The van der Waals surface area contributed by atoms with Gasteiger partial charge in [0.1, 0.15) is 11.5 Å². The second-order valence-electron chi connectivity index (χ2n) is 4.37. The predicted octanol–water partition coefficient (Wildman–Crippen LogP) is 1.23. The summed E-state index contributed by atoms with van der Waals surface area (Å²) >= 11 is 0. The SMILES string of the molecule is C#CCNC(=O)C(C)Oc1cc(OC)ccc1[C@@H](C)N. The van der Waals surface area contributed by atoms with Gasteiger partial charge in [-0.3, -0.25) is 4.79 Å².